The molecule has 19 heavy (non-hydrogen) atoms. The molecule has 0 saturated heterocycles. The van der Waals surface area contributed by atoms with Crippen molar-refractivity contribution in [2.24, 2.45) is 0 Å². The van der Waals surface area contributed by atoms with Crippen LogP contribution in [0.3, 0.4) is 0 Å². The molecule has 0 atom stereocenters. The number of anilines is 1. The average Bonchev–Trinajstić information content (AvgIpc) is 2.69. The van der Waals surface area contributed by atoms with Crippen molar-refractivity contribution in [2.75, 3.05) is 19.0 Å². The summed E-state index contributed by atoms with van der Waals surface area (Å²) >= 11 is 0. The second-order valence-corrected chi connectivity index (χ2v) is 5.75. The first-order valence-corrected chi connectivity index (χ1v) is 6.02. The van der Waals surface area contributed by atoms with Crippen LogP contribution in [0.1, 0.15) is 37.0 Å². The van der Waals surface area contributed by atoms with Crippen molar-refractivity contribution in [3.63, 3.8) is 0 Å². The molecule has 0 saturated carbocycles. The van der Waals surface area contributed by atoms with E-state index in [0.29, 0.717) is 5.65 Å². The molecule has 0 spiro atoms. The van der Waals surface area contributed by atoms with Crippen LogP contribution in [0.2, 0.25) is 0 Å². The van der Waals surface area contributed by atoms with Gasteiger partial charge in [-0.15, -0.1) is 0 Å². The van der Waals surface area contributed by atoms with Gasteiger partial charge in [0, 0.05) is 31.6 Å². The van der Waals surface area contributed by atoms with Gasteiger partial charge in [-0.1, -0.05) is 20.8 Å². The fourth-order valence-electron chi connectivity index (χ4n) is 1.77. The summed E-state index contributed by atoms with van der Waals surface area (Å²) in [6.07, 6.45) is 0. The number of fused-ring (bicyclic) bond motifs is 1. The van der Waals surface area contributed by atoms with Gasteiger partial charge >= 0.3 is 5.97 Å². The largest absolute Gasteiger partial charge is 0.476 e. The maximum Gasteiger partial charge on any atom is 0.356 e. The monoisotopic (exact) mass is 262 g/mol. The number of aromatic nitrogens is 3. The van der Waals surface area contributed by atoms with Crippen molar-refractivity contribution >= 4 is 17.4 Å². The second kappa shape index (κ2) is 4.22. The van der Waals surface area contributed by atoms with E-state index < -0.39 is 5.97 Å². The molecule has 1 N–H and O–H groups in total. The van der Waals surface area contributed by atoms with Crippen LogP contribution in [0.25, 0.3) is 5.65 Å². The lowest BCUT2D eigenvalue weighted by Gasteiger charge is -2.21. The molecule has 2 heterocycles. The highest BCUT2D eigenvalue weighted by atomic mass is 16.4. The third-order valence-corrected chi connectivity index (χ3v) is 2.85. The van der Waals surface area contributed by atoms with Crippen molar-refractivity contribution in [1.82, 2.24) is 14.6 Å². The number of rotatable bonds is 2. The van der Waals surface area contributed by atoms with E-state index in [-0.39, 0.29) is 11.1 Å². The molecule has 2 rings (SSSR count). The van der Waals surface area contributed by atoms with Crippen molar-refractivity contribution in [2.45, 2.75) is 26.2 Å². The predicted molar refractivity (Wildman–Crippen MR) is 73.0 cm³/mol. The number of carboxylic acids is 1. The summed E-state index contributed by atoms with van der Waals surface area (Å²) < 4.78 is 1.55. The van der Waals surface area contributed by atoms with Gasteiger partial charge in [0.05, 0.1) is 5.69 Å². The van der Waals surface area contributed by atoms with E-state index in [2.05, 4.69) is 30.9 Å². The van der Waals surface area contributed by atoms with Crippen LogP contribution in [0.15, 0.2) is 12.1 Å². The minimum atomic E-state index is -1.05. The molecule has 0 bridgehead atoms. The van der Waals surface area contributed by atoms with E-state index in [0.717, 1.165) is 11.5 Å². The first-order valence-electron chi connectivity index (χ1n) is 6.02. The standard InChI is InChI=1S/C13H18N4O2/c1-13(2,3)9-7-11(16(4)5)17-10(14-9)6-8(15-17)12(18)19/h6-7H,1-5H3,(H,18,19). The Bertz CT molecular complexity index is 638. The summed E-state index contributed by atoms with van der Waals surface area (Å²) in [5.41, 5.74) is 1.34. The Kier molecular flexibility index (Phi) is 2.96. The van der Waals surface area contributed by atoms with Gasteiger partial charge in [0.1, 0.15) is 5.82 Å². The quantitative estimate of drug-likeness (QED) is 0.893. The van der Waals surface area contributed by atoms with Crippen LogP contribution in [0.5, 0.6) is 0 Å². The Morgan fingerprint density at radius 3 is 2.42 bits per heavy atom. The van der Waals surface area contributed by atoms with Crippen molar-refractivity contribution in [1.29, 1.82) is 0 Å². The zero-order chi connectivity index (χ0) is 14.4. The Labute approximate surface area is 111 Å². The number of aromatic carboxylic acids is 1. The molecule has 6 heteroatoms. The highest BCUT2D eigenvalue weighted by Crippen LogP contribution is 2.25. The lowest BCUT2D eigenvalue weighted by Crippen LogP contribution is -2.19. The molecule has 0 unspecified atom stereocenters. The maximum atomic E-state index is 11.0. The van der Waals surface area contributed by atoms with E-state index in [1.54, 1.807) is 4.52 Å². The summed E-state index contributed by atoms with van der Waals surface area (Å²) in [7, 11) is 3.78. The Balaban J connectivity index is 2.76. The van der Waals surface area contributed by atoms with Gasteiger partial charge in [0.15, 0.2) is 11.3 Å². The zero-order valence-corrected chi connectivity index (χ0v) is 11.8. The predicted octanol–water partition coefficient (Wildman–Crippen LogP) is 1.79. The summed E-state index contributed by atoms with van der Waals surface area (Å²) in [4.78, 5) is 17.4. The topological polar surface area (TPSA) is 70.7 Å². The molecule has 0 radical (unpaired) electrons. The third kappa shape index (κ3) is 2.38. The summed E-state index contributed by atoms with van der Waals surface area (Å²) in [5.74, 6) is -0.241. The van der Waals surface area contributed by atoms with Gasteiger partial charge in [-0.25, -0.2) is 9.78 Å². The molecule has 0 aliphatic heterocycles. The van der Waals surface area contributed by atoms with Gasteiger partial charge in [0.2, 0.25) is 0 Å². The molecule has 2 aromatic rings. The van der Waals surface area contributed by atoms with Crippen LogP contribution in [-0.2, 0) is 5.41 Å². The van der Waals surface area contributed by atoms with E-state index in [9.17, 15) is 4.79 Å². The van der Waals surface area contributed by atoms with Crippen molar-refractivity contribution < 1.29 is 9.90 Å². The summed E-state index contributed by atoms with van der Waals surface area (Å²) in [6, 6.07) is 3.43. The molecular formula is C13H18N4O2. The van der Waals surface area contributed by atoms with E-state index in [1.807, 2.05) is 25.1 Å². The number of hydrogen-bond acceptors (Lipinski definition) is 4. The van der Waals surface area contributed by atoms with Gasteiger partial charge in [-0.05, 0) is 0 Å². The van der Waals surface area contributed by atoms with Crippen molar-refractivity contribution in [3.8, 4) is 0 Å². The average molecular weight is 262 g/mol. The van der Waals surface area contributed by atoms with Crippen LogP contribution < -0.4 is 4.90 Å². The molecule has 0 aliphatic carbocycles. The van der Waals surface area contributed by atoms with Crippen LogP contribution in [0.4, 0.5) is 5.82 Å². The van der Waals surface area contributed by atoms with E-state index >= 15 is 0 Å². The molecule has 6 nitrogen and oxygen atoms in total. The number of carbonyl (C=O) groups is 1. The minimum Gasteiger partial charge on any atom is -0.476 e. The number of nitrogens with zero attached hydrogens (tertiary/aromatic N) is 4. The molecular weight excluding hydrogens is 244 g/mol. The number of carboxylic acid groups (broad SMARTS) is 1. The molecule has 0 aromatic carbocycles. The maximum absolute atomic E-state index is 11.0. The van der Waals surface area contributed by atoms with E-state index in [1.165, 1.54) is 6.07 Å². The molecule has 0 fully saturated rings. The van der Waals surface area contributed by atoms with Gasteiger partial charge < -0.3 is 10.0 Å². The van der Waals surface area contributed by atoms with Gasteiger partial charge in [-0.3, -0.25) is 0 Å². The fourth-order valence-corrected chi connectivity index (χ4v) is 1.77. The lowest BCUT2D eigenvalue weighted by atomic mass is 9.92. The minimum absolute atomic E-state index is 0.00154. The first-order chi connectivity index (χ1) is 8.70. The smallest absolute Gasteiger partial charge is 0.356 e. The molecule has 0 aliphatic rings. The highest BCUT2D eigenvalue weighted by Gasteiger charge is 2.20. The SMILES string of the molecule is CN(C)c1cc(C(C)(C)C)nc2cc(C(=O)O)nn12. The molecule has 0 amide bonds. The van der Waals surface area contributed by atoms with Crippen LogP contribution >= 0.6 is 0 Å². The normalized spacial score (nSPS) is 11.8. The number of hydrogen-bond donors (Lipinski definition) is 1. The van der Waals surface area contributed by atoms with Gasteiger partial charge in [-0.2, -0.15) is 9.61 Å². The third-order valence-electron chi connectivity index (χ3n) is 2.85. The van der Waals surface area contributed by atoms with Gasteiger partial charge in [0.25, 0.3) is 0 Å². The van der Waals surface area contributed by atoms with Crippen LogP contribution in [0, 0.1) is 0 Å². The first kappa shape index (κ1) is 13.3. The zero-order valence-electron chi connectivity index (χ0n) is 11.8. The Morgan fingerprint density at radius 1 is 1.32 bits per heavy atom. The lowest BCUT2D eigenvalue weighted by molar-refractivity contribution is 0.0690. The molecule has 2 aromatic heterocycles. The Hall–Kier alpha value is -2.11. The summed E-state index contributed by atoms with van der Waals surface area (Å²) in [5, 5.41) is 13.1. The Morgan fingerprint density at radius 2 is 1.95 bits per heavy atom. The highest BCUT2D eigenvalue weighted by molar-refractivity contribution is 5.86. The molecule has 102 valence electrons. The fraction of sp³-hybridized carbons (Fsp3) is 0.462. The second-order valence-electron chi connectivity index (χ2n) is 5.75. The van der Waals surface area contributed by atoms with Crippen LogP contribution in [-0.4, -0.2) is 39.8 Å². The summed E-state index contributed by atoms with van der Waals surface area (Å²) in [6.45, 7) is 6.21. The van der Waals surface area contributed by atoms with Crippen molar-refractivity contribution in [3.05, 3.63) is 23.5 Å². The van der Waals surface area contributed by atoms with E-state index in [4.69, 9.17) is 5.11 Å².